The fourth-order valence-electron chi connectivity index (χ4n) is 1.51. The molecule has 1 heterocycles. The standard InChI is InChI=1S/C10H21N5/c1-5-15-9(12-7-13-15)6-8(14-11)10(2,3)4/h7-8,14H,5-6,11H2,1-4H3. The summed E-state index contributed by atoms with van der Waals surface area (Å²) >= 11 is 0. The van der Waals surface area contributed by atoms with E-state index in [1.807, 2.05) is 4.68 Å². The average Bonchev–Trinajstić information content (AvgIpc) is 2.59. The summed E-state index contributed by atoms with van der Waals surface area (Å²) in [7, 11) is 0. The van der Waals surface area contributed by atoms with Crippen LogP contribution < -0.4 is 11.3 Å². The van der Waals surface area contributed by atoms with E-state index < -0.39 is 0 Å². The molecule has 86 valence electrons. The maximum atomic E-state index is 5.56. The van der Waals surface area contributed by atoms with Crippen LogP contribution in [0.3, 0.4) is 0 Å². The van der Waals surface area contributed by atoms with Crippen molar-refractivity contribution in [2.45, 2.75) is 46.7 Å². The van der Waals surface area contributed by atoms with Gasteiger partial charge in [-0.15, -0.1) is 0 Å². The molecule has 0 radical (unpaired) electrons. The van der Waals surface area contributed by atoms with Crippen LogP contribution in [0.1, 0.15) is 33.5 Å². The van der Waals surface area contributed by atoms with Crippen molar-refractivity contribution in [3.63, 3.8) is 0 Å². The normalized spacial score (nSPS) is 14.2. The molecule has 1 aromatic rings. The second kappa shape index (κ2) is 4.72. The van der Waals surface area contributed by atoms with Crippen molar-refractivity contribution in [3.05, 3.63) is 12.2 Å². The van der Waals surface area contributed by atoms with Crippen molar-refractivity contribution in [3.8, 4) is 0 Å². The minimum absolute atomic E-state index is 0.110. The number of aryl methyl sites for hydroxylation is 1. The number of hydrazine groups is 1. The van der Waals surface area contributed by atoms with Crippen LogP contribution in [-0.4, -0.2) is 20.8 Å². The van der Waals surface area contributed by atoms with Crippen LogP contribution in [0.2, 0.25) is 0 Å². The summed E-state index contributed by atoms with van der Waals surface area (Å²) in [5, 5.41) is 4.14. The summed E-state index contributed by atoms with van der Waals surface area (Å²) in [4.78, 5) is 4.24. The van der Waals surface area contributed by atoms with Crippen LogP contribution in [0.4, 0.5) is 0 Å². The maximum Gasteiger partial charge on any atom is 0.138 e. The van der Waals surface area contributed by atoms with E-state index in [-0.39, 0.29) is 11.5 Å². The first-order valence-electron chi connectivity index (χ1n) is 5.31. The molecule has 1 rings (SSSR count). The lowest BCUT2D eigenvalue weighted by molar-refractivity contribution is 0.263. The fourth-order valence-corrected chi connectivity index (χ4v) is 1.51. The van der Waals surface area contributed by atoms with Crippen molar-refractivity contribution in [1.29, 1.82) is 0 Å². The van der Waals surface area contributed by atoms with Crippen LogP contribution in [0.15, 0.2) is 6.33 Å². The molecule has 0 aliphatic heterocycles. The van der Waals surface area contributed by atoms with Crippen molar-refractivity contribution in [2.24, 2.45) is 11.3 Å². The zero-order valence-electron chi connectivity index (χ0n) is 9.99. The molecule has 5 heteroatoms. The van der Waals surface area contributed by atoms with Gasteiger partial charge in [0.1, 0.15) is 12.2 Å². The molecule has 1 aromatic heterocycles. The minimum atomic E-state index is 0.110. The van der Waals surface area contributed by atoms with Crippen LogP contribution >= 0.6 is 0 Å². The monoisotopic (exact) mass is 211 g/mol. The highest BCUT2D eigenvalue weighted by Gasteiger charge is 2.25. The second-order valence-electron chi connectivity index (χ2n) is 4.78. The summed E-state index contributed by atoms with van der Waals surface area (Å²) in [5.74, 6) is 6.54. The van der Waals surface area contributed by atoms with Gasteiger partial charge in [0.2, 0.25) is 0 Å². The predicted octanol–water partition coefficient (Wildman–Crippen LogP) is 0.718. The van der Waals surface area contributed by atoms with Crippen LogP contribution in [-0.2, 0) is 13.0 Å². The fraction of sp³-hybridized carbons (Fsp3) is 0.800. The van der Waals surface area contributed by atoms with Gasteiger partial charge in [0, 0.05) is 19.0 Å². The smallest absolute Gasteiger partial charge is 0.138 e. The predicted molar refractivity (Wildman–Crippen MR) is 60.0 cm³/mol. The Morgan fingerprint density at radius 2 is 2.20 bits per heavy atom. The number of hydrogen-bond donors (Lipinski definition) is 2. The third kappa shape index (κ3) is 3.00. The molecule has 0 saturated carbocycles. The highest BCUT2D eigenvalue weighted by molar-refractivity contribution is 4.93. The van der Waals surface area contributed by atoms with Gasteiger partial charge in [-0.3, -0.25) is 16.0 Å². The van der Waals surface area contributed by atoms with E-state index in [0.717, 1.165) is 18.8 Å². The highest BCUT2D eigenvalue weighted by atomic mass is 15.3. The number of rotatable bonds is 4. The number of aromatic nitrogens is 3. The lowest BCUT2D eigenvalue weighted by atomic mass is 9.85. The van der Waals surface area contributed by atoms with Crippen LogP contribution in [0.25, 0.3) is 0 Å². The summed E-state index contributed by atoms with van der Waals surface area (Å²) in [6.07, 6.45) is 2.39. The summed E-state index contributed by atoms with van der Waals surface area (Å²) in [6.45, 7) is 9.37. The Hall–Kier alpha value is -0.940. The topological polar surface area (TPSA) is 68.8 Å². The van der Waals surface area contributed by atoms with E-state index in [1.165, 1.54) is 0 Å². The lowest BCUT2D eigenvalue weighted by Gasteiger charge is -2.29. The van der Waals surface area contributed by atoms with E-state index in [1.54, 1.807) is 6.33 Å². The molecule has 0 saturated heterocycles. The van der Waals surface area contributed by atoms with Gasteiger partial charge in [0.25, 0.3) is 0 Å². The summed E-state index contributed by atoms with van der Waals surface area (Å²) < 4.78 is 1.90. The van der Waals surface area contributed by atoms with Gasteiger partial charge in [-0.25, -0.2) is 4.98 Å². The van der Waals surface area contributed by atoms with Crippen molar-refractivity contribution in [2.75, 3.05) is 0 Å². The summed E-state index contributed by atoms with van der Waals surface area (Å²) in [5.41, 5.74) is 2.96. The largest absolute Gasteiger partial charge is 0.271 e. The summed E-state index contributed by atoms with van der Waals surface area (Å²) in [6, 6.07) is 0.201. The Kier molecular flexibility index (Phi) is 3.82. The van der Waals surface area contributed by atoms with Crippen molar-refractivity contribution < 1.29 is 0 Å². The molecule has 0 aliphatic rings. The molecule has 0 aromatic carbocycles. The van der Waals surface area contributed by atoms with E-state index in [2.05, 4.69) is 43.2 Å². The average molecular weight is 211 g/mol. The molecule has 0 spiro atoms. The third-order valence-corrected chi connectivity index (χ3v) is 2.63. The van der Waals surface area contributed by atoms with Gasteiger partial charge in [0.05, 0.1) is 0 Å². The lowest BCUT2D eigenvalue weighted by Crippen LogP contribution is -2.46. The minimum Gasteiger partial charge on any atom is -0.271 e. The second-order valence-corrected chi connectivity index (χ2v) is 4.78. The Balaban J connectivity index is 2.75. The molecule has 0 bridgehead atoms. The van der Waals surface area contributed by atoms with Crippen LogP contribution in [0, 0.1) is 5.41 Å². The Bertz CT molecular complexity index is 299. The quantitative estimate of drug-likeness (QED) is 0.569. The molecule has 1 unspecified atom stereocenters. The highest BCUT2D eigenvalue weighted by Crippen LogP contribution is 2.21. The van der Waals surface area contributed by atoms with Gasteiger partial charge < -0.3 is 0 Å². The first-order chi connectivity index (χ1) is 6.99. The maximum absolute atomic E-state index is 5.56. The van der Waals surface area contributed by atoms with Crippen molar-refractivity contribution >= 4 is 0 Å². The van der Waals surface area contributed by atoms with Gasteiger partial charge >= 0.3 is 0 Å². The number of nitrogens with one attached hydrogen (secondary N) is 1. The molecule has 0 amide bonds. The van der Waals surface area contributed by atoms with Gasteiger partial charge in [-0.1, -0.05) is 20.8 Å². The number of nitrogens with zero attached hydrogens (tertiary/aromatic N) is 3. The van der Waals surface area contributed by atoms with E-state index >= 15 is 0 Å². The third-order valence-electron chi connectivity index (χ3n) is 2.63. The van der Waals surface area contributed by atoms with Crippen molar-refractivity contribution in [1.82, 2.24) is 20.2 Å². The molecular formula is C10H21N5. The Morgan fingerprint density at radius 1 is 1.53 bits per heavy atom. The van der Waals surface area contributed by atoms with Gasteiger partial charge in [0.15, 0.2) is 0 Å². The molecule has 0 aliphatic carbocycles. The Morgan fingerprint density at radius 3 is 2.67 bits per heavy atom. The zero-order chi connectivity index (χ0) is 11.5. The first-order valence-corrected chi connectivity index (χ1v) is 5.31. The number of hydrogen-bond acceptors (Lipinski definition) is 4. The first kappa shape index (κ1) is 12.1. The molecule has 5 nitrogen and oxygen atoms in total. The van der Waals surface area contributed by atoms with Crippen LogP contribution in [0.5, 0.6) is 0 Å². The molecule has 3 N–H and O–H groups in total. The molecule has 1 atom stereocenters. The zero-order valence-corrected chi connectivity index (χ0v) is 9.99. The van der Waals surface area contributed by atoms with E-state index in [9.17, 15) is 0 Å². The van der Waals surface area contributed by atoms with Gasteiger partial charge in [-0.2, -0.15) is 5.10 Å². The van der Waals surface area contributed by atoms with E-state index in [4.69, 9.17) is 5.84 Å². The number of nitrogens with two attached hydrogens (primary N) is 1. The molecule has 15 heavy (non-hydrogen) atoms. The van der Waals surface area contributed by atoms with Gasteiger partial charge in [-0.05, 0) is 12.3 Å². The van der Waals surface area contributed by atoms with E-state index in [0.29, 0.717) is 0 Å². The Labute approximate surface area is 91.0 Å². The molecular weight excluding hydrogens is 190 g/mol. The SMILES string of the molecule is CCn1ncnc1CC(NN)C(C)(C)C. The molecule has 0 fully saturated rings.